The van der Waals surface area contributed by atoms with Crippen LogP contribution in [0.1, 0.15) is 34.3 Å². The molecule has 4 aromatic rings. The summed E-state index contributed by atoms with van der Waals surface area (Å²) in [6, 6.07) is 19.8. The van der Waals surface area contributed by atoms with Crippen LogP contribution in [0.15, 0.2) is 79.0 Å². The molecule has 2 amide bonds. The quantitative estimate of drug-likeness (QED) is 0.347. The maximum atomic E-state index is 14.3. The maximum absolute atomic E-state index is 14.3. The van der Waals surface area contributed by atoms with E-state index in [0.29, 0.717) is 13.0 Å². The van der Waals surface area contributed by atoms with E-state index < -0.39 is 11.7 Å². The van der Waals surface area contributed by atoms with Crippen LogP contribution in [-0.4, -0.2) is 45.7 Å². The molecule has 7 heteroatoms. The van der Waals surface area contributed by atoms with Crippen LogP contribution < -0.4 is 0 Å². The fourth-order valence-corrected chi connectivity index (χ4v) is 4.48. The zero-order valence-electron chi connectivity index (χ0n) is 19.8. The number of rotatable bonds is 9. The fourth-order valence-electron chi connectivity index (χ4n) is 4.48. The first-order valence-corrected chi connectivity index (χ1v) is 12.1. The number of carbonyl (C=O) groups excluding carboxylic acids is 2. The van der Waals surface area contributed by atoms with E-state index in [9.17, 15) is 18.4 Å². The Hall–Kier alpha value is -4.00. The van der Waals surface area contributed by atoms with Crippen LogP contribution in [0.25, 0.3) is 10.9 Å². The third kappa shape index (κ3) is 5.30. The molecule has 0 atom stereocenters. The molecular weight excluding hydrogens is 460 g/mol. The van der Waals surface area contributed by atoms with E-state index in [1.165, 1.54) is 35.2 Å². The lowest BCUT2D eigenvalue weighted by molar-refractivity contribution is -0.132. The lowest BCUT2D eigenvalue weighted by Gasteiger charge is -2.28. The molecule has 0 bridgehead atoms. The number of hydrogen-bond acceptors (Lipinski definition) is 2. The predicted molar refractivity (Wildman–Crippen MR) is 134 cm³/mol. The summed E-state index contributed by atoms with van der Waals surface area (Å²) in [6.07, 6.45) is 4.15. The molecular formula is C29H27F2N3O2. The van der Waals surface area contributed by atoms with Crippen LogP contribution in [0.5, 0.6) is 0 Å². The van der Waals surface area contributed by atoms with Gasteiger partial charge in [0, 0.05) is 36.2 Å². The van der Waals surface area contributed by atoms with E-state index in [4.69, 9.17) is 0 Å². The third-order valence-corrected chi connectivity index (χ3v) is 6.62. The van der Waals surface area contributed by atoms with Crippen molar-refractivity contribution in [3.8, 4) is 0 Å². The van der Waals surface area contributed by atoms with Gasteiger partial charge in [-0.3, -0.25) is 9.59 Å². The highest BCUT2D eigenvalue weighted by Crippen LogP contribution is 2.29. The summed E-state index contributed by atoms with van der Waals surface area (Å²) < 4.78 is 27.8. The molecule has 3 aromatic carbocycles. The number of hydrogen-bond donors (Lipinski definition) is 1. The van der Waals surface area contributed by atoms with Gasteiger partial charge in [0.05, 0.1) is 5.56 Å². The second kappa shape index (κ2) is 10.3. The van der Waals surface area contributed by atoms with E-state index in [1.54, 1.807) is 23.1 Å². The summed E-state index contributed by atoms with van der Waals surface area (Å²) in [5, 5.41) is 1.10. The number of H-pyrrole nitrogens is 1. The number of nitrogens with zero attached hydrogens (tertiary/aromatic N) is 2. The van der Waals surface area contributed by atoms with Crippen LogP contribution in [0.2, 0.25) is 0 Å². The molecule has 0 unspecified atom stereocenters. The van der Waals surface area contributed by atoms with Crippen molar-refractivity contribution in [2.45, 2.75) is 31.8 Å². The Morgan fingerprint density at radius 1 is 0.917 bits per heavy atom. The summed E-state index contributed by atoms with van der Waals surface area (Å²) in [5.41, 5.74) is 2.88. The minimum atomic E-state index is -0.594. The monoisotopic (exact) mass is 487 g/mol. The van der Waals surface area contributed by atoms with Crippen molar-refractivity contribution in [1.82, 2.24) is 14.8 Å². The highest BCUT2D eigenvalue weighted by molar-refractivity contribution is 5.97. The van der Waals surface area contributed by atoms with Crippen molar-refractivity contribution in [3.63, 3.8) is 0 Å². The SMILES string of the molecule is O=C(CN(C(=O)c1ccccc1F)C1CC1)N(CCc1c[nH]c2ccccc12)Cc1ccc(F)cc1. The zero-order valence-corrected chi connectivity index (χ0v) is 19.8. The minimum Gasteiger partial charge on any atom is -0.361 e. The Balaban J connectivity index is 1.36. The number of aromatic amines is 1. The van der Waals surface area contributed by atoms with Crippen LogP contribution in [0.3, 0.4) is 0 Å². The standard InChI is InChI=1S/C29H27F2N3O2/c30-22-11-9-20(10-12-22)18-33(16-15-21-17-32-27-8-4-2-5-24(21)27)28(35)19-34(23-13-14-23)29(36)25-6-1-3-7-26(25)31/h1-12,17,23,32H,13-16,18-19H2. The highest BCUT2D eigenvalue weighted by atomic mass is 19.1. The van der Waals surface area contributed by atoms with Gasteiger partial charge in [-0.25, -0.2) is 8.78 Å². The molecule has 0 saturated heterocycles. The number of aromatic nitrogens is 1. The summed E-state index contributed by atoms with van der Waals surface area (Å²) >= 11 is 0. The topological polar surface area (TPSA) is 56.4 Å². The number of fused-ring (bicyclic) bond motifs is 1. The molecule has 1 heterocycles. The maximum Gasteiger partial charge on any atom is 0.257 e. The van der Waals surface area contributed by atoms with Gasteiger partial charge in [0.25, 0.3) is 5.91 Å². The molecule has 1 N–H and O–H groups in total. The molecule has 0 aliphatic heterocycles. The van der Waals surface area contributed by atoms with Gasteiger partial charge in [0.1, 0.15) is 18.2 Å². The van der Waals surface area contributed by atoms with Gasteiger partial charge in [0.2, 0.25) is 5.91 Å². The number of amides is 2. The average molecular weight is 488 g/mol. The summed E-state index contributed by atoms with van der Waals surface area (Å²) in [7, 11) is 0. The molecule has 5 rings (SSSR count). The van der Waals surface area contributed by atoms with Crippen molar-refractivity contribution in [3.05, 3.63) is 107 Å². The van der Waals surface area contributed by atoms with Crippen molar-refractivity contribution in [1.29, 1.82) is 0 Å². The van der Waals surface area contributed by atoms with E-state index >= 15 is 0 Å². The molecule has 1 aromatic heterocycles. The Kier molecular flexibility index (Phi) is 6.80. The van der Waals surface area contributed by atoms with E-state index in [-0.39, 0.29) is 36.4 Å². The first-order chi connectivity index (χ1) is 17.5. The predicted octanol–water partition coefficient (Wildman–Crippen LogP) is 5.32. The highest BCUT2D eigenvalue weighted by Gasteiger charge is 2.36. The van der Waals surface area contributed by atoms with Crippen LogP contribution >= 0.6 is 0 Å². The van der Waals surface area contributed by atoms with Gasteiger partial charge >= 0.3 is 0 Å². The zero-order chi connectivity index (χ0) is 25.1. The smallest absolute Gasteiger partial charge is 0.257 e. The Morgan fingerprint density at radius 3 is 2.39 bits per heavy atom. The molecule has 0 spiro atoms. The summed E-state index contributed by atoms with van der Waals surface area (Å²) in [6.45, 7) is 0.575. The van der Waals surface area contributed by atoms with E-state index in [0.717, 1.165) is 34.9 Å². The fraction of sp³-hybridized carbons (Fsp3) is 0.241. The van der Waals surface area contributed by atoms with Crippen molar-refractivity contribution in [2.24, 2.45) is 0 Å². The Labute approximate surface area is 208 Å². The largest absolute Gasteiger partial charge is 0.361 e. The minimum absolute atomic E-state index is 0.0268. The van der Waals surface area contributed by atoms with Gasteiger partial charge < -0.3 is 14.8 Å². The lowest BCUT2D eigenvalue weighted by Crippen LogP contribution is -2.44. The van der Waals surface area contributed by atoms with Gasteiger partial charge in [-0.15, -0.1) is 0 Å². The summed E-state index contributed by atoms with van der Waals surface area (Å²) in [4.78, 5) is 33.2. The van der Waals surface area contributed by atoms with E-state index in [1.807, 2.05) is 30.5 Å². The van der Waals surface area contributed by atoms with Crippen LogP contribution in [0, 0.1) is 11.6 Å². The van der Waals surface area contributed by atoms with Crippen LogP contribution in [0.4, 0.5) is 8.78 Å². The molecule has 36 heavy (non-hydrogen) atoms. The van der Waals surface area contributed by atoms with E-state index in [2.05, 4.69) is 4.98 Å². The summed E-state index contributed by atoms with van der Waals surface area (Å²) in [5.74, 6) is -1.63. The second-order valence-corrected chi connectivity index (χ2v) is 9.20. The average Bonchev–Trinajstić information content (AvgIpc) is 3.65. The molecule has 1 aliphatic rings. The number of nitrogens with one attached hydrogen (secondary N) is 1. The molecule has 1 saturated carbocycles. The van der Waals surface area contributed by atoms with Crippen molar-refractivity contribution < 1.29 is 18.4 Å². The number of halogens is 2. The first-order valence-electron chi connectivity index (χ1n) is 12.1. The third-order valence-electron chi connectivity index (χ3n) is 6.62. The van der Waals surface area contributed by atoms with Gasteiger partial charge in [-0.05, 0) is 60.7 Å². The van der Waals surface area contributed by atoms with Crippen molar-refractivity contribution >= 4 is 22.7 Å². The number of carbonyl (C=O) groups is 2. The number of benzene rings is 3. The molecule has 1 fully saturated rings. The van der Waals surface area contributed by atoms with Gasteiger partial charge in [-0.1, -0.05) is 42.5 Å². The van der Waals surface area contributed by atoms with Crippen LogP contribution in [-0.2, 0) is 17.8 Å². The lowest BCUT2D eigenvalue weighted by atomic mass is 10.1. The van der Waals surface area contributed by atoms with Gasteiger partial charge in [0.15, 0.2) is 0 Å². The Morgan fingerprint density at radius 2 is 1.64 bits per heavy atom. The second-order valence-electron chi connectivity index (χ2n) is 9.20. The number of para-hydroxylation sites is 1. The van der Waals surface area contributed by atoms with Gasteiger partial charge in [-0.2, -0.15) is 0 Å². The molecule has 0 radical (unpaired) electrons. The molecule has 5 nitrogen and oxygen atoms in total. The first kappa shape index (κ1) is 23.7. The molecule has 1 aliphatic carbocycles. The normalized spacial score (nSPS) is 13.1. The Bertz CT molecular complexity index is 1380. The molecule has 184 valence electrons. The van der Waals surface area contributed by atoms with Crippen molar-refractivity contribution in [2.75, 3.05) is 13.1 Å².